The maximum Gasteiger partial charge on any atom is 0.404 e. The van der Waals surface area contributed by atoms with Crippen molar-refractivity contribution >= 4 is 12.0 Å². The number of carbonyl (C=O) groups excluding carboxylic acids is 2. The smallest absolute Gasteiger partial charge is 0.404 e. The molecule has 0 saturated heterocycles. The van der Waals surface area contributed by atoms with Gasteiger partial charge >= 0.3 is 6.09 Å². The van der Waals surface area contributed by atoms with Crippen LogP contribution in [0.3, 0.4) is 0 Å². The Morgan fingerprint density at radius 2 is 1.92 bits per heavy atom. The number of pyridine rings is 1. The van der Waals surface area contributed by atoms with Crippen LogP contribution < -0.4 is 16.2 Å². The monoisotopic (exact) mass is 347 g/mol. The third-order valence-electron chi connectivity index (χ3n) is 5.37. The molecule has 1 aromatic rings. The van der Waals surface area contributed by atoms with E-state index in [1.54, 1.807) is 6.07 Å². The van der Waals surface area contributed by atoms with Crippen LogP contribution in [0.5, 0.6) is 5.88 Å². The lowest BCUT2D eigenvalue weighted by Crippen LogP contribution is -2.55. The fraction of sp³-hybridized carbons (Fsp3) is 0.588. The molecule has 1 spiro atoms. The summed E-state index contributed by atoms with van der Waals surface area (Å²) in [7, 11) is 0. The van der Waals surface area contributed by atoms with Crippen LogP contribution in [-0.4, -0.2) is 35.8 Å². The lowest BCUT2D eigenvalue weighted by molar-refractivity contribution is -0.132. The van der Waals surface area contributed by atoms with Gasteiger partial charge in [0.2, 0.25) is 5.88 Å². The summed E-state index contributed by atoms with van der Waals surface area (Å²) in [6, 6.07) is 1.73. The quantitative estimate of drug-likeness (QED) is 0.838. The molecule has 0 unspecified atom stereocenters. The highest BCUT2D eigenvalue weighted by molar-refractivity contribution is 5.95. The summed E-state index contributed by atoms with van der Waals surface area (Å²) < 4.78 is 16.4. The molecular formula is C17H21N3O5. The van der Waals surface area contributed by atoms with Gasteiger partial charge in [0.25, 0.3) is 5.91 Å². The van der Waals surface area contributed by atoms with Gasteiger partial charge in [0.1, 0.15) is 17.8 Å². The molecule has 8 nitrogen and oxygen atoms in total. The minimum Gasteiger partial charge on any atom is -0.474 e. The Hall–Kier alpha value is -2.35. The van der Waals surface area contributed by atoms with Gasteiger partial charge in [0, 0.05) is 12.0 Å². The number of amides is 2. The number of fused-ring (bicyclic) bond motifs is 1. The Balaban J connectivity index is 1.41. The van der Waals surface area contributed by atoms with Crippen LogP contribution in [0.15, 0.2) is 6.07 Å². The van der Waals surface area contributed by atoms with E-state index in [9.17, 15) is 9.59 Å². The predicted octanol–water partition coefficient (Wildman–Crippen LogP) is 1.04. The largest absolute Gasteiger partial charge is 0.474 e. The zero-order valence-corrected chi connectivity index (χ0v) is 13.8. The summed E-state index contributed by atoms with van der Waals surface area (Å²) in [5, 5.41) is 0. The van der Waals surface area contributed by atoms with Crippen LogP contribution in [0.2, 0.25) is 0 Å². The normalized spacial score (nSPS) is 29.9. The molecule has 2 saturated carbocycles. The van der Waals surface area contributed by atoms with E-state index in [2.05, 4.69) is 4.98 Å². The third-order valence-corrected chi connectivity index (χ3v) is 5.37. The van der Waals surface area contributed by atoms with Gasteiger partial charge in [-0.15, -0.1) is 0 Å². The molecule has 1 aromatic heterocycles. The molecule has 0 radical (unpaired) electrons. The Kier molecular flexibility index (Phi) is 3.79. The average Bonchev–Trinajstić information content (AvgIpc) is 2.49. The molecule has 4 N–H and O–H groups in total. The number of hydrogen-bond donors (Lipinski definition) is 2. The summed E-state index contributed by atoms with van der Waals surface area (Å²) in [6.07, 6.45) is 3.23. The third kappa shape index (κ3) is 3.02. The lowest BCUT2D eigenvalue weighted by atomic mass is 9.53. The molecule has 2 heterocycles. The fourth-order valence-electron chi connectivity index (χ4n) is 4.17. The second-order valence-corrected chi connectivity index (χ2v) is 7.23. The van der Waals surface area contributed by atoms with Crippen LogP contribution in [0.25, 0.3) is 0 Å². The number of primary amides is 2. The van der Waals surface area contributed by atoms with Crippen LogP contribution in [0.4, 0.5) is 4.79 Å². The Bertz CT molecular complexity index is 721. The zero-order chi connectivity index (χ0) is 17.6. The van der Waals surface area contributed by atoms with Crippen molar-refractivity contribution in [1.29, 1.82) is 0 Å². The topological polar surface area (TPSA) is 127 Å². The van der Waals surface area contributed by atoms with Crippen molar-refractivity contribution in [1.82, 2.24) is 4.98 Å². The molecule has 3 aliphatic rings. The predicted molar refractivity (Wildman–Crippen MR) is 85.9 cm³/mol. The molecule has 8 heteroatoms. The van der Waals surface area contributed by atoms with Gasteiger partial charge in [-0.2, -0.15) is 0 Å². The number of ether oxygens (including phenoxy) is 3. The highest BCUT2D eigenvalue weighted by atomic mass is 16.6. The molecule has 0 bridgehead atoms. The molecular weight excluding hydrogens is 326 g/mol. The number of aromatic nitrogens is 1. The SMILES string of the molecule is NC(=O)OC1CC2(C1)CC(Oc1nc3c(cc1C(N)=O)COCC3)C2. The summed E-state index contributed by atoms with van der Waals surface area (Å²) in [4.78, 5) is 27.0. The van der Waals surface area contributed by atoms with E-state index in [0.29, 0.717) is 31.1 Å². The Labute approximate surface area is 144 Å². The first-order chi connectivity index (χ1) is 11.9. The molecule has 0 atom stereocenters. The second kappa shape index (κ2) is 5.87. The van der Waals surface area contributed by atoms with E-state index < -0.39 is 12.0 Å². The van der Waals surface area contributed by atoms with Gasteiger partial charge in [0.05, 0.1) is 18.9 Å². The van der Waals surface area contributed by atoms with Crippen LogP contribution >= 0.6 is 0 Å². The number of carbonyl (C=O) groups is 2. The number of rotatable bonds is 4. The van der Waals surface area contributed by atoms with Crippen LogP contribution in [0.1, 0.15) is 47.3 Å². The number of nitrogens with zero attached hydrogens (tertiary/aromatic N) is 1. The first-order valence-electron chi connectivity index (χ1n) is 8.47. The van der Waals surface area contributed by atoms with Crippen molar-refractivity contribution in [2.45, 2.75) is 50.9 Å². The van der Waals surface area contributed by atoms with Gasteiger partial charge < -0.3 is 25.7 Å². The van der Waals surface area contributed by atoms with E-state index in [4.69, 9.17) is 25.7 Å². The minimum absolute atomic E-state index is 0.00183. The van der Waals surface area contributed by atoms with Gasteiger partial charge in [-0.25, -0.2) is 9.78 Å². The second-order valence-electron chi connectivity index (χ2n) is 7.23. The first kappa shape index (κ1) is 16.1. The number of hydrogen-bond acceptors (Lipinski definition) is 6. The molecule has 134 valence electrons. The van der Waals surface area contributed by atoms with Crippen molar-refractivity contribution in [2.75, 3.05) is 6.61 Å². The number of nitrogens with two attached hydrogens (primary N) is 2. The van der Waals surface area contributed by atoms with Gasteiger partial charge in [-0.1, -0.05) is 0 Å². The van der Waals surface area contributed by atoms with E-state index in [1.807, 2.05) is 0 Å². The molecule has 1 aliphatic heterocycles. The maximum absolute atomic E-state index is 11.7. The molecule has 2 amide bonds. The molecule has 0 aromatic carbocycles. The molecule has 2 fully saturated rings. The summed E-state index contributed by atoms with van der Waals surface area (Å²) in [5.41, 5.74) is 12.8. The molecule has 25 heavy (non-hydrogen) atoms. The van der Waals surface area contributed by atoms with Gasteiger partial charge in [-0.05, 0) is 37.2 Å². The van der Waals surface area contributed by atoms with E-state index in [-0.39, 0.29) is 17.6 Å². The Morgan fingerprint density at radius 3 is 2.60 bits per heavy atom. The average molecular weight is 347 g/mol. The fourth-order valence-corrected chi connectivity index (χ4v) is 4.17. The molecule has 4 rings (SSSR count). The van der Waals surface area contributed by atoms with E-state index in [0.717, 1.165) is 36.9 Å². The summed E-state index contributed by atoms with van der Waals surface area (Å²) >= 11 is 0. The van der Waals surface area contributed by atoms with E-state index >= 15 is 0 Å². The van der Waals surface area contributed by atoms with Crippen molar-refractivity contribution < 1.29 is 23.8 Å². The van der Waals surface area contributed by atoms with Gasteiger partial charge in [-0.3, -0.25) is 4.79 Å². The van der Waals surface area contributed by atoms with Gasteiger partial charge in [0.15, 0.2) is 0 Å². The highest BCUT2D eigenvalue weighted by Gasteiger charge is 2.55. The Morgan fingerprint density at radius 1 is 1.20 bits per heavy atom. The van der Waals surface area contributed by atoms with Crippen LogP contribution in [-0.2, 0) is 22.5 Å². The van der Waals surface area contributed by atoms with Crippen LogP contribution in [0, 0.1) is 5.41 Å². The van der Waals surface area contributed by atoms with E-state index in [1.165, 1.54) is 0 Å². The van der Waals surface area contributed by atoms with Crippen molar-refractivity contribution in [2.24, 2.45) is 16.9 Å². The standard InChI is InChI=1S/C17H21N3O5/c18-14(21)12-3-9-8-23-2-1-13(9)20-15(12)24-10-4-17(5-10)6-11(7-17)25-16(19)22/h3,10-11H,1-2,4-8H2,(H2,18,21)(H2,19,22). The lowest BCUT2D eigenvalue weighted by Gasteiger charge is -2.56. The van der Waals surface area contributed by atoms with Crippen molar-refractivity contribution in [3.8, 4) is 5.88 Å². The van der Waals surface area contributed by atoms with Crippen molar-refractivity contribution in [3.05, 3.63) is 22.9 Å². The summed E-state index contributed by atoms with van der Waals surface area (Å²) in [5.74, 6) is -0.235. The molecule has 2 aliphatic carbocycles. The minimum atomic E-state index is -0.722. The first-order valence-corrected chi connectivity index (χ1v) is 8.47. The highest BCUT2D eigenvalue weighted by Crippen LogP contribution is 2.57. The van der Waals surface area contributed by atoms with Crippen molar-refractivity contribution in [3.63, 3.8) is 0 Å². The zero-order valence-electron chi connectivity index (χ0n) is 13.8. The maximum atomic E-state index is 11.7. The summed E-state index contributed by atoms with van der Waals surface area (Å²) in [6.45, 7) is 1.06.